The molecule has 9 nitrogen and oxygen atoms in total. The van der Waals surface area contributed by atoms with Gasteiger partial charge in [-0.3, -0.25) is 9.10 Å². The van der Waals surface area contributed by atoms with Crippen LogP contribution in [-0.2, 0) is 10.0 Å². The topological polar surface area (TPSA) is 115 Å². The summed E-state index contributed by atoms with van der Waals surface area (Å²) in [6.45, 7) is 0.0129. The summed E-state index contributed by atoms with van der Waals surface area (Å²) in [6, 6.07) is 18.0. The molecule has 0 spiro atoms. The van der Waals surface area contributed by atoms with Gasteiger partial charge in [-0.15, -0.1) is 0 Å². The molecule has 2 aromatic heterocycles. The number of methoxy groups -OCH3 is 1. The Kier molecular flexibility index (Phi) is 8.10. The monoisotopic (exact) mass is 689 g/mol. The van der Waals surface area contributed by atoms with Gasteiger partial charge in [0.15, 0.2) is 11.4 Å². The maximum atomic E-state index is 14.6. The lowest BCUT2D eigenvalue weighted by Gasteiger charge is -2.35. The summed E-state index contributed by atoms with van der Waals surface area (Å²) in [6.07, 6.45) is 0.514. The summed E-state index contributed by atoms with van der Waals surface area (Å²) >= 11 is 0. The zero-order chi connectivity index (χ0) is 34.6. The van der Waals surface area contributed by atoms with Crippen LogP contribution in [0.4, 0.5) is 18.9 Å². The van der Waals surface area contributed by atoms with Crippen LogP contribution in [0.5, 0.6) is 5.75 Å². The molecule has 1 N–H and O–H groups in total. The Morgan fingerprint density at radius 1 is 0.980 bits per heavy atom. The van der Waals surface area contributed by atoms with Gasteiger partial charge < -0.3 is 18.9 Å². The Hall–Kier alpha value is -5.30. The van der Waals surface area contributed by atoms with E-state index in [0.29, 0.717) is 33.4 Å². The molecule has 0 bridgehead atoms. The third-order valence-electron chi connectivity index (χ3n) is 8.75. The number of hydrogen-bond acceptors (Lipinski definition) is 7. The van der Waals surface area contributed by atoms with Crippen LogP contribution in [0.1, 0.15) is 23.2 Å². The number of nitrogens with zero attached hydrogens (tertiary/aromatic N) is 2. The number of nitrogens with one attached hydrogen (secondary N) is 1. The second kappa shape index (κ2) is 12.3. The summed E-state index contributed by atoms with van der Waals surface area (Å²) in [5.41, 5.74) is 2.49. The van der Waals surface area contributed by atoms with Crippen molar-refractivity contribution >= 4 is 43.7 Å². The van der Waals surface area contributed by atoms with E-state index in [1.54, 1.807) is 30.3 Å². The summed E-state index contributed by atoms with van der Waals surface area (Å²) in [5, 5.41) is 2.99. The van der Waals surface area contributed by atoms with Gasteiger partial charge in [-0.1, -0.05) is 12.1 Å². The predicted octanol–water partition coefficient (Wildman–Crippen LogP) is 7.74. The smallest absolute Gasteiger partial charge is 0.255 e. The fourth-order valence-electron chi connectivity index (χ4n) is 6.25. The van der Waals surface area contributed by atoms with E-state index < -0.39 is 33.7 Å². The summed E-state index contributed by atoms with van der Waals surface area (Å²) in [4.78, 5) is 17.7. The molecule has 1 aliphatic rings. The zero-order valence-electron chi connectivity index (χ0n) is 26.6. The van der Waals surface area contributed by atoms with Crippen molar-refractivity contribution in [3.8, 4) is 39.7 Å². The number of ether oxygens (including phenoxy) is 1. The van der Waals surface area contributed by atoms with Crippen LogP contribution in [0.3, 0.4) is 0 Å². The highest BCUT2D eigenvalue weighted by atomic mass is 32.2. The van der Waals surface area contributed by atoms with E-state index in [2.05, 4.69) is 10.3 Å². The van der Waals surface area contributed by atoms with E-state index in [4.69, 9.17) is 13.6 Å². The van der Waals surface area contributed by atoms with Crippen LogP contribution in [-0.4, -0.2) is 52.4 Å². The largest absolute Gasteiger partial charge is 0.496 e. The number of benzene rings is 4. The van der Waals surface area contributed by atoms with Crippen molar-refractivity contribution < 1.29 is 40.0 Å². The fourth-order valence-corrected chi connectivity index (χ4v) is 7.24. The maximum absolute atomic E-state index is 14.6. The fraction of sp³-hybridized carbons (Fsp3) is 0.222. The molecular weight excluding hydrogens is 659 g/mol. The summed E-state index contributed by atoms with van der Waals surface area (Å²) in [5.74, 6) is -1.16. The number of sulfonamides is 1. The second-order valence-corrected chi connectivity index (χ2v) is 13.9. The normalized spacial score (nSPS) is 16.1. The molecule has 49 heavy (non-hydrogen) atoms. The molecular formula is C36H30F3N3O6S. The third kappa shape index (κ3) is 5.88. The number of furan rings is 1. The average Bonchev–Trinajstić information content (AvgIpc) is 3.67. The minimum Gasteiger partial charge on any atom is -0.496 e. The van der Waals surface area contributed by atoms with Gasteiger partial charge in [-0.25, -0.2) is 26.6 Å². The molecule has 0 radical (unpaired) electrons. The van der Waals surface area contributed by atoms with Gasteiger partial charge in [-0.2, -0.15) is 0 Å². The van der Waals surface area contributed by atoms with Crippen molar-refractivity contribution in [1.29, 1.82) is 0 Å². The van der Waals surface area contributed by atoms with Crippen molar-refractivity contribution in [3.63, 3.8) is 0 Å². The van der Waals surface area contributed by atoms with E-state index in [0.717, 1.165) is 6.26 Å². The van der Waals surface area contributed by atoms with E-state index >= 15 is 0 Å². The molecule has 13 heteroatoms. The van der Waals surface area contributed by atoms with Crippen molar-refractivity contribution in [2.24, 2.45) is 5.92 Å². The van der Waals surface area contributed by atoms with Crippen molar-refractivity contribution in [2.75, 3.05) is 31.3 Å². The number of alkyl halides is 1. The van der Waals surface area contributed by atoms with Crippen LogP contribution in [0.2, 0.25) is 0 Å². The lowest BCUT2D eigenvalue weighted by atomic mass is 9.83. The highest BCUT2D eigenvalue weighted by Gasteiger charge is 2.35. The third-order valence-corrected chi connectivity index (χ3v) is 9.90. The SMILES string of the molecule is CNC(=O)c1c(-c2ccc(F)cc2)oc2cc(N(CC3CC(F)C3)S(C)(=O)=O)c(-c3ccc(OC)c(-c4nc5c(F)cccc5o4)c3)cc12. The Morgan fingerprint density at radius 2 is 1.71 bits per heavy atom. The molecule has 1 amide bonds. The highest BCUT2D eigenvalue weighted by Crippen LogP contribution is 2.45. The number of para-hydroxylation sites is 1. The second-order valence-electron chi connectivity index (χ2n) is 12.0. The first-order valence-electron chi connectivity index (χ1n) is 15.4. The molecule has 7 rings (SSSR count). The van der Waals surface area contributed by atoms with Crippen LogP contribution in [0, 0.1) is 17.6 Å². The van der Waals surface area contributed by atoms with Gasteiger partial charge in [0.25, 0.3) is 5.91 Å². The first kappa shape index (κ1) is 32.3. The van der Waals surface area contributed by atoms with Gasteiger partial charge in [0.2, 0.25) is 15.9 Å². The molecule has 1 fully saturated rings. The number of anilines is 1. The molecule has 0 saturated heterocycles. The number of aromatic nitrogens is 1. The van der Waals surface area contributed by atoms with E-state index in [9.17, 15) is 26.4 Å². The summed E-state index contributed by atoms with van der Waals surface area (Å²) in [7, 11) is -1.01. The first-order chi connectivity index (χ1) is 23.4. The molecule has 0 unspecified atom stereocenters. The van der Waals surface area contributed by atoms with Gasteiger partial charge in [0, 0.05) is 36.2 Å². The molecule has 252 valence electrons. The minimum absolute atomic E-state index is 0.0129. The average molecular weight is 690 g/mol. The number of carbonyl (C=O) groups excluding carboxylic acids is 1. The maximum Gasteiger partial charge on any atom is 0.255 e. The molecule has 4 aromatic carbocycles. The standard InChI is InChI=1S/C36H30F3N3O6S/c1-40-35(43)32-25-16-24(21-9-12-29(46-2)26(15-21)36-41-33-27(39)5-4-6-30(33)48-36)28(42(49(3,44)45)18-19-13-23(38)14-19)17-31(25)47-34(32)20-7-10-22(37)11-8-20/h4-12,15-17,19,23H,13-14,18H2,1-3H3,(H,40,43). The number of fused-ring (bicyclic) bond motifs is 2. The van der Waals surface area contributed by atoms with Gasteiger partial charge in [0.1, 0.15) is 34.6 Å². The van der Waals surface area contributed by atoms with E-state index in [1.807, 2.05) is 0 Å². The van der Waals surface area contributed by atoms with Gasteiger partial charge in [-0.05, 0) is 78.9 Å². The Morgan fingerprint density at radius 3 is 2.37 bits per heavy atom. The molecule has 2 heterocycles. The van der Waals surface area contributed by atoms with Crippen molar-refractivity contribution in [2.45, 2.75) is 19.0 Å². The molecule has 1 saturated carbocycles. The van der Waals surface area contributed by atoms with Crippen LogP contribution in [0.15, 0.2) is 81.6 Å². The van der Waals surface area contributed by atoms with Gasteiger partial charge >= 0.3 is 0 Å². The minimum atomic E-state index is -3.93. The zero-order valence-corrected chi connectivity index (χ0v) is 27.4. The quantitative estimate of drug-likeness (QED) is 0.165. The number of halogens is 3. The lowest BCUT2D eigenvalue weighted by molar-refractivity contribution is 0.0964. The number of amides is 1. The number of oxazole rings is 1. The summed E-state index contributed by atoms with van der Waals surface area (Å²) < 4.78 is 88.1. The number of carbonyl (C=O) groups is 1. The van der Waals surface area contributed by atoms with Crippen LogP contribution >= 0.6 is 0 Å². The Labute approximate surface area is 279 Å². The Balaban J connectivity index is 1.50. The molecule has 0 aliphatic heterocycles. The van der Waals surface area contributed by atoms with Crippen molar-refractivity contribution in [3.05, 3.63) is 90.0 Å². The first-order valence-corrected chi connectivity index (χ1v) is 17.2. The number of hydrogen-bond donors (Lipinski definition) is 1. The van der Waals surface area contributed by atoms with Crippen molar-refractivity contribution in [1.82, 2.24) is 10.3 Å². The van der Waals surface area contributed by atoms with Crippen LogP contribution in [0.25, 0.3) is 56.0 Å². The Bertz CT molecular complexity index is 2350. The molecule has 6 aromatic rings. The van der Waals surface area contributed by atoms with Crippen LogP contribution < -0.4 is 14.4 Å². The number of rotatable bonds is 9. The molecule has 1 aliphatic carbocycles. The lowest BCUT2D eigenvalue weighted by Crippen LogP contribution is -2.40. The van der Waals surface area contributed by atoms with E-state index in [-0.39, 0.29) is 64.9 Å². The van der Waals surface area contributed by atoms with Gasteiger partial charge in [0.05, 0.1) is 30.2 Å². The highest BCUT2D eigenvalue weighted by molar-refractivity contribution is 7.92. The molecule has 0 atom stereocenters. The van der Waals surface area contributed by atoms with E-state index in [1.165, 1.54) is 60.9 Å². The predicted molar refractivity (Wildman–Crippen MR) is 180 cm³/mol.